The van der Waals surface area contributed by atoms with Crippen molar-refractivity contribution in [1.29, 1.82) is 0 Å². The van der Waals surface area contributed by atoms with Gasteiger partial charge >= 0.3 is 6.03 Å². The van der Waals surface area contributed by atoms with E-state index in [1.807, 2.05) is 7.05 Å². The van der Waals surface area contributed by atoms with E-state index in [0.717, 1.165) is 51.4 Å². The predicted octanol–water partition coefficient (Wildman–Crippen LogP) is 3.92. The lowest BCUT2D eigenvalue weighted by Crippen LogP contribution is -2.53. The van der Waals surface area contributed by atoms with Crippen molar-refractivity contribution in [3.8, 4) is 0 Å². The molecule has 2 amide bonds. The molecule has 1 saturated carbocycles. The maximum absolute atomic E-state index is 14.1. The average molecular weight is 508 g/mol. The molecule has 1 aliphatic heterocycles. The molecule has 2 fully saturated rings. The third-order valence-corrected chi connectivity index (χ3v) is 8.18. The van der Waals surface area contributed by atoms with Gasteiger partial charge in [-0.1, -0.05) is 31.4 Å². The molecule has 7 nitrogen and oxygen atoms in total. The third-order valence-electron chi connectivity index (χ3n) is 8.18. The maximum Gasteiger partial charge on any atom is 0.317 e. The van der Waals surface area contributed by atoms with Gasteiger partial charge in [-0.25, -0.2) is 9.18 Å². The quantitative estimate of drug-likeness (QED) is 0.322. The minimum absolute atomic E-state index is 0.0114. The summed E-state index contributed by atoms with van der Waals surface area (Å²) in [6, 6.07) is 6.06. The number of methoxy groups -OCH3 is 1. The van der Waals surface area contributed by atoms with Crippen LogP contribution in [-0.4, -0.2) is 73.2 Å². The molecule has 1 aromatic rings. The van der Waals surface area contributed by atoms with Crippen molar-refractivity contribution in [2.75, 3.05) is 40.4 Å². The number of likely N-dealkylation sites (tertiary alicyclic amines) is 1. The predicted molar refractivity (Wildman–Crippen MR) is 139 cm³/mol. The number of carbonyl (C=O) groups excluding carboxylic acids is 1. The molecular weight excluding hydrogens is 461 g/mol. The molecular formula is C28H46FN3O4. The number of hydrogen-bond donors (Lipinski definition) is 4. The van der Waals surface area contributed by atoms with E-state index in [2.05, 4.69) is 10.6 Å². The van der Waals surface area contributed by atoms with Crippen LogP contribution in [0.2, 0.25) is 0 Å². The normalized spacial score (nSPS) is 22.6. The summed E-state index contributed by atoms with van der Waals surface area (Å²) in [5.41, 5.74) is -1.30. The van der Waals surface area contributed by atoms with Gasteiger partial charge in [-0.05, 0) is 76.1 Å². The molecule has 1 aromatic carbocycles. The van der Waals surface area contributed by atoms with E-state index in [1.165, 1.54) is 18.6 Å². The van der Waals surface area contributed by atoms with Crippen molar-refractivity contribution >= 4 is 6.03 Å². The summed E-state index contributed by atoms with van der Waals surface area (Å²) in [7, 11) is 3.52. The summed E-state index contributed by atoms with van der Waals surface area (Å²) in [4.78, 5) is 14.9. The Bertz CT molecular complexity index is 820. The molecule has 3 rings (SSSR count). The van der Waals surface area contributed by atoms with Gasteiger partial charge in [-0.2, -0.15) is 0 Å². The molecule has 0 bridgehead atoms. The van der Waals surface area contributed by atoms with Gasteiger partial charge in [0, 0.05) is 45.3 Å². The number of unbranched alkanes of at least 4 members (excludes halogenated alkanes) is 1. The molecule has 3 atom stereocenters. The topological polar surface area (TPSA) is 94.1 Å². The fraction of sp³-hybridized carbons (Fsp3) is 0.750. The fourth-order valence-corrected chi connectivity index (χ4v) is 6.01. The van der Waals surface area contributed by atoms with E-state index in [1.54, 1.807) is 24.1 Å². The number of ether oxygens (including phenoxy) is 1. The standard InChI is InChI=1S/C28H46FN3O4/c1-30-25(19-27(34)13-4-3-5-14-27)20-31-26(33)32-16-9-11-23(21-32)28(35,15-6-7-17-36-2)22-10-8-12-24(29)18-22/h8,10,12,18,23,25,30,34-35H,3-7,9,11,13-17,19-21H2,1-2H3,(H,31,33)/t23-,25+,28-/m1/s1. The van der Waals surface area contributed by atoms with E-state index >= 15 is 0 Å². The molecule has 204 valence electrons. The number of likely N-dealkylation sites (N-methyl/N-ethyl adjacent to an activating group) is 1. The van der Waals surface area contributed by atoms with Crippen molar-refractivity contribution in [2.24, 2.45) is 5.92 Å². The molecule has 0 spiro atoms. The molecule has 8 heteroatoms. The number of urea groups is 1. The van der Waals surface area contributed by atoms with Crippen LogP contribution < -0.4 is 10.6 Å². The molecule has 0 unspecified atom stereocenters. The molecule has 2 aliphatic rings. The maximum atomic E-state index is 14.1. The number of carbonyl (C=O) groups is 1. The van der Waals surface area contributed by atoms with Gasteiger partial charge in [0.05, 0.1) is 11.2 Å². The summed E-state index contributed by atoms with van der Waals surface area (Å²) in [6.07, 6.45) is 9.12. The minimum Gasteiger partial charge on any atom is -0.390 e. The third kappa shape index (κ3) is 7.88. The molecule has 1 saturated heterocycles. The van der Waals surface area contributed by atoms with Crippen LogP contribution >= 0.6 is 0 Å². The van der Waals surface area contributed by atoms with Gasteiger partial charge < -0.3 is 30.5 Å². The van der Waals surface area contributed by atoms with Gasteiger partial charge in [-0.15, -0.1) is 0 Å². The molecule has 1 aliphatic carbocycles. The average Bonchev–Trinajstić information content (AvgIpc) is 2.89. The SMILES string of the molecule is CN[C@H](CNC(=O)N1CCC[C@@H]([C@@](O)(CCCCOC)c2cccc(F)c2)C1)CC1(O)CCCCC1. The summed E-state index contributed by atoms with van der Waals surface area (Å²) in [5.74, 6) is -0.560. The van der Waals surface area contributed by atoms with E-state index < -0.39 is 11.2 Å². The van der Waals surface area contributed by atoms with Crippen LogP contribution in [0, 0.1) is 11.7 Å². The summed E-state index contributed by atoms with van der Waals surface area (Å²) >= 11 is 0. The zero-order valence-electron chi connectivity index (χ0n) is 22.1. The Morgan fingerprint density at radius 3 is 2.75 bits per heavy atom. The van der Waals surface area contributed by atoms with Gasteiger partial charge in [0.15, 0.2) is 0 Å². The Balaban J connectivity index is 1.62. The Kier molecular flexibility index (Phi) is 11.0. The number of nitrogens with one attached hydrogen (secondary N) is 2. The first kappa shape index (κ1) is 28.8. The highest BCUT2D eigenvalue weighted by Gasteiger charge is 2.41. The van der Waals surface area contributed by atoms with Crippen molar-refractivity contribution in [3.05, 3.63) is 35.6 Å². The van der Waals surface area contributed by atoms with Gasteiger partial charge in [0.1, 0.15) is 5.82 Å². The first-order valence-corrected chi connectivity index (χ1v) is 13.7. The summed E-state index contributed by atoms with van der Waals surface area (Å²) < 4.78 is 19.2. The van der Waals surface area contributed by atoms with Crippen LogP contribution in [0.4, 0.5) is 9.18 Å². The van der Waals surface area contributed by atoms with Crippen molar-refractivity contribution in [2.45, 2.75) is 87.9 Å². The number of aliphatic hydroxyl groups is 2. The largest absolute Gasteiger partial charge is 0.390 e. The smallest absolute Gasteiger partial charge is 0.317 e. The van der Waals surface area contributed by atoms with Gasteiger partial charge in [-0.3, -0.25) is 0 Å². The number of rotatable bonds is 12. The van der Waals surface area contributed by atoms with Crippen LogP contribution in [0.15, 0.2) is 24.3 Å². The summed E-state index contributed by atoms with van der Waals surface area (Å²) in [5, 5.41) is 29.1. The highest BCUT2D eigenvalue weighted by Crippen LogP contribution is 2.40. The lowest BCUT2D eigenvalue weighted by molar-refractivity contribution is -0.0565. The Hall–Kier alpha value is -1.74. The summed E-state index contributed by atoms with van der Waals surface area (Å²) in [6.45, 7) is 2.08. The number of hydrogen-bond acceptors (Lipinski definition) is 5. The minimum atomic E-state index is -1.22. The van der Waals surface area contributed by atoms with Crippen molar-refractivity contribution in [1.82, 2.24) is 15.5 Å². The second-order valence-corrected chi connectivity index (χ2v) is 10.8. The van der Waals surface area contributed by atoms with Crippen molar-refractivity contribution in [3.63, 3.8) is 0 Å². The lowest BCUT2D eigenvalue weighted by Gasteiger charge is -2.43. The number of amides is 2. The monoisotopic (exact) mass is 507 g/mol. The molecule has 0 aromatic heterocycles. The van der Waals surface area contributed by atoms with E-state index in [9.17, 15) is 19.4 Å². The number of benzene rings is 1. The number of nitrogens with zero attached hydrogens (tertiary/aromatic N) is 1. The van der Waals surface area contributed by atoms with Crippen molar-refractivity contribution < 1.29 is 24.1 Å². The molecule has 36 heavy (non-hydrogen) atoms. The van der Waals surface area contributed by atoms with Crippen LogP contribution in [0.1, 0.15) is 76.2 Å². The van der Waals surface area contributed by atoms with Gasteiger partial charge in [0.25, 0.3) is 0 Å². The molecule has 1 heterocycles. The Labute approximate surface area is 215 Å². The highest BCUT2D eigenvalue weighted by molar-refractivity contribution is 5.74. The first-order valence-electron chi connectivity index (χ1n) is 13.7. The zero-order chi connectivity index (χ0) is 26.0. The Morgan fingerprint density at radius 1 is 1.28 bits per heavy atom. The van der Waals surface area contributed by atoms with E-state index in [0.29, 0.717) is 44.6 Å². The second-order valence-electron chi connectivity index (χ2n) is 10.8. The van der Waals surface area contributed by atoms with E-state index in [4.69, 9.17) is 4.74 Å². The number of halogens is 1. The zero-order valence-corrected chi connectivity index (χ0v) is 22.1. The lowest BCUT2D eigenvalue weighted by atomic mass is 9.74. The van der Waals surface area contributed by atoms with Crippen LogP contribution in [0.5, 0.6) is 0 Å². The van der Waals surface area contributed by atoms with Crippen LogP contribution in [0.25, 0.3) is 0 Å². The molecule has 0 radical (unpaired) electrons. The second kappa shape index (κ2) is 13.7. The molecule has 4 N–H and O–H groups in total. The first-order chi connectivity index (χ1) is 17.3. The van der Waals surface area contributed by atoms with Gasteiger partial charge in [0.2, 0.25) is 0 Å². The highest BCUT2D eigenvalue weighted by atomic mass is 19.1. The number of piperidine rings is 1. The van der Waals surface area contributed by atoms with Crippen LogP contribution in [0.3, 0.4) is 0 Å². The van der Waals surface area contributed by atoms with Crippen LogP contribution in [-0.2, 0) is 10.3 Å². The van der Waals surface area contributed by atoms with E-state index in [-0.39, 0.29) is 23.8 Å². The Morgan fingerprint density at radius 2 is 2.06 bits per heavy atom. The fourth-order valence-electron chi connectivity index (χ4n) is 6.01.